The van der Waals surface area contributed by atoms with E-state index in [0.29, 0.717) is 5.02 Å². The molecule has 0 amide bonds. The van der Waals surface area contributed by atoms with E-state index in [4.69, 9.17) is 16.7 Å². The molecule has 0 atom stereocenters. The van der Waals surface area contributed by atoms with E-state index in [9.17, 15) is 8.78 Å². The highest BCUT2D eigenvalue weighted by Crippen LogP contribution is 2.24. The smallest absolute Gasteiger partial charge is 0.280 e. The van der Waals surface area contributed by atoms with Gasteiger partial charge in [-0.2, -0.15) is 5.10 Å². The van der Waals surface area contributed by atoms with Gasteiger partial charge in [0.05, 0.1) is 19.3 Å². The zero-order valence-corrected chi connectivity index (χ0v) is 10.1. The van der Waals surface area contributed by atoms with E-state index in [-0.39, 0.29) is 17.8 Å². The summed E-state index contributed by atoms with van der Waals surface area (Å²) in [5.74, 6) is 0. The summed E-state index contributed by atoms with van der Waals surface area (Å²) >= 11 is 5.83. The van der Waals surface area contributed by atoms with Crippen LogP contribution in [0.2, 0.25) is 5.02 Å². The Balaban J connectivity index is 2.32. The number of aliphatic hydroxyl groups is 1. The molecule has 0 fully saturated rings. The standard InChI is InChI=1S/C12H11ClF2N2O/c13-10-3-1-2-8(4-10)6-17-11(12(14)15)9(7-18)5-16-17/h1-5,12,18H,6-7H2. The van der Waals surface area contributed by atoms with E-state index in [1.54, 1.807) is 24.3 Å². The van der Waals surface area contributed by atoms with Crippen LogP contribution in [0.15, 0.2) is 30.5 Å². The first kappa shape index (κ1) is 13.0. The van der Waals surface area contributed by atoms with Gasteiger partial charge in [-0.25, -0.2) is 8.78 Å². The molecule has 6 heteroatoms. The fourth-order valence-corrected chi connectivity index (χ4v) is 1.96. The van der Waals surface area contributed by atoms with Gasteiger partial charge in [-0.15, -0.1) is 0 Å². The maximum absolute atomic E-state index is 12.9. The Morgan fingerprint density at radius 1 is 1.39 bits per heavy atom. The fourth-order valence-electron chi connectivity index (χ4n) is 1.74. The van der Waals surface area contributed by atoms with E-state index < -0.39 is 13.0 Å². The van der Waals surface area contributed by atoms with Crippen molar-refractivity contribution in [2.24, 2.45) is 0 Å². The van der Waals surface area contributed by atoms with E-state index in [1.807, 2.05) is 0 Å². The highest BCUT2D eigenvalue weighted by Gasteiger charge is 2.19. The molecule has 1 aromatic carbocycles. The number of aliphatic hydroxyl groups excluding tert-OH is 1. The van der Waals surface area contributed by atoms with Crippen LogP contribution in [0, 0.1) is 0 Å². The van der Waals surface area contributed by atoms with Crippen LogP contribution in [0.1, 0.15) is 23.2 Å². The number of benzene rings is 1. The fraction of sp³-hybridized carbons (Fsp3) is 0.250. The lowest BCUT2D eigenvalue weighted by Crippen LogP contribution is -2.08. The summed E-state index contributed by atoms with van der Waals surface area (Å²) in [6, 6.07) is 6.93. The number of hydrogen-bond acceptors (Lipinski definition) is 2. The van der Waals surface area contributed by atoms with Gasteiger partial charge in [0.25, 0.3) is 6.43 Å². The van der Waals surface area contributed by atoms with Crippen LogP contribution in [0.4, 0.5) is 8.78 Å². The molecular formula is C12H11ClF2N2O. The molecule has 3 nitrogen and oxygen atoms in total. The monoisotopic (exact) mass is 272 g/mol. The SMILES string of the molecule is OCc1cnn(Cc2cccc(Cl)c2)c1C(F)F. The number of nitrogens with zero attached hydrogens (tertiary/aromatic N) is 2. The van der Waals surface area contributed by atoms with E-state index >= 15 is 0 Å². The third-order valence-electron chi connectivity index (χ3n) is 2.56. The zero-order valence-electron chi connectivity index (χ0n) is 9.35. The molecule has 0 bridgehead atoms. The van der Waals surface area contributed by atoms with Crippen LogP contribution in [-0.2, 0) is 13.2 Å². The topological polar surface area (TPSA) is 38.1 Å². The lowest BCUT2D eigenvalue weighted by molar-refractivity contribution is 0.135. The first-order valence-corrected chi connectivity index (χ1v) is 5.67. The Hall–Kier alpha value is -1.46. The summed E-state index contributed by atoms with van der Waals surface area (Å²) in [6.07, 6.45) is -1.42. The van der Waals surface area contributed by atoms with Crippen molar-refractivity contribution >= 4 is 11.6 Å². The second kappa shape index (κ2) is 5.46. The predicted octanol–water partition coefficient (Wildman–Crippen LogP) is 3.01. The molecule has 1 aromatic heterocycles. The summed E-state index contributed by atoms with van der Waals surface area (Å²) in [5, 5.41) is 13.4. The van der Waals surface area contributed by atoms with Crippen molar-refractivity contribution in [3.8, 4) is 0 Å². The quantitative estimate of drug-likeness (QED) is 0.929. The summed E-state index contributed by atoms with van der Waals surface area (Å²) in [7, 11) is 0. The Morgan fingerprint density at radius 3 is 2.78 bits per heavy atom. The molecule has 0 aliphatic carbocycles. The van der Waals surface area contributed by atoms with Crippen LogP contribution in [0.3, 0.4) is 0 Å². The summed E-state index contributed by atoms with van der Waals surface area (Å²) in [4.78, 5) is 0. The number of hydrogen-bond donors (Lipinski definition) is 1. The number of rotatable bonds is 4. The average Bonchev–Trinajstić information content (AvgIpc) is 2.72. The maximum atomic E-state index is 12.9. The molecule has 0 unspecified atom stereocenters. The van der Waals surface area contributed by atoms with Gasteiger partial charge in [0.15, 0.2) is 0 Å². The molecule has 1 heterocycles. The Bertz CT molecular complexity index is 543. The Morgan fingerprint density at radius 2 is 2.17 bits per heavy atom. The second-order valence-corrected chi connectivity index (χ2v) is 4.24. The maximum Gasteiger partial charge on any atom is 0.280 e. The highest BCUT2D eigenvalue weighted by atomic mass is 35.5. The highest BCUT2D eigenvalue weighted by molar-refractivity contribution is 6.30. The van der Waals surface area contributed by atoms with Gasteiger partial charge in [-0.1, -0.05) is 23.7 Å². The predicted molar refractivity (Wildman–Crippen MR) is 63.7 cm³/mol. The molecule has 1 N–H and O–H groups in total. The average molecular weight is 273 g/mol. The largest absolute Gasteiger partial charge is 0.392 e. The van der Waals surface area contributed by atoms with Gasteiger partial charge in [0, 0.05) is 10.6 Å². The first-order valence-electron chi connectivity index (χ1n) is 5.30. The van der Waals surface area contributed by atoms with Gasteiger partial charge in [0.2, 0.25) is 0 Å². The normalized spacial score (nSPS) is 11.2. The summed E-state index contributed by atoms with van der Waals surface area (Å²) in [5.41, 5.74) is 0.668. The molecule has 96 valence electrons. The van der Waals surface area contributed by atoms with E-state index in [2.05, 4.69) is 5.10 Å². The minimum Gasteiger partial charge on any atom is -0.392 e. The van der Waals surface area contributed by atoms with Crippen LogP contribution < -0.4 is 0 Å². The lowest BCUT2D eigenvalue weighted by Gasteiger charge is -2.08. The van der Waals surface area contributed by atoms with Crippen molar-refractivity contribution in [3.63, 3.8) is 0 Å². The Labute approximate surface area is 108 Å². The number of aromatic nitrogens is 2. The van der Waals surface area contributed by atoms with Crippen LogP contribution in [0.25, 0.3) is 0 Å². The van der Waals surface area contributed by atoms with Gasteiger partial charge in [-0.3, -0.25) is 4.68 Å². The second-order valence-electron chi connectivity index (χ2n) is 3.80. The molecule has 2 aromatic rings. The molecule has 0 aliphatic rings. The van der Waals surface area contributed by atoms with Crippen molar-refractivity contribution in [1.29, 1.82) is 0 Å². The molecule has 18 heavy (non-hydrogen) atoms. The molecule has 0 aliphatic heterocycles. The van der Waals surface area contributed by atoms with Gasteiger partial charge in [-0.05, 0) is 17.7 Å². The lowest BCUT2D eigenvalue weighted by atomic mass is 10.2. The van der Waals surface area contributed by atoms with Crippen molar-refractivity contribution < 1.29 is 13.9 Å². The summed E-state index contributed by atoms with van der Waals surface area (Å²) in [6.45, 7) is -0.255. The third kappa shape index (κ3) is 2.68. The third-order valence-corrected chi connectivity index (χ3v) is 2.79. The molecular weight excluding hydrogens is 262 g/mol. The van der Waals surface area contributed by atoms with Gasteiger partial charge in [0.1, 0.15) is 5.69 Å². The van der Waals surface area contributed by atoms with Gasteiger partial charge < -0.3 is 5.11 Å². The minimum atomic E-state index is -2.67. The van der Waals surface area contributed by atoms with Crippen molar-refractivity contribution in [3.05, 3.63) is 52.3 Å². The Kier molecular flexibility index (Phi) is 3.93. The van der Waals surface area contributed by atoms with Gasteiger partial charge >= 0.3 is 0 Å². The summed E-state index contributed by atoms with van der Waals surface area (Å²) < 4.78 is 27.0. The molecule has 0 saturated carbocycles. The number of alkyl halides is 2. The van der Waals surface area contributed by atoms with E-state index in [0.717, 1.165) is 5.56 Å². The van der Waals surface area contributed by atoms with Crippen molar-refractivity contribution in [1.82, 2.24) is 9.78 Å². The van der Waals surface area contributed by atoms with Crippen LogP contribution in [0.5, 0.6) is 0 Å². The van der Waals surface area contributed by atoms with Crippen molar-refractivity contribution in [2.45, 2.75) is 19.6 Å². The first-order chi connectivity index (χ1) is 8.61. The molecule has 2 rings (SSSR count). The molecule has 0 spiro atoms. The van der Waals surface area contributed by atoms with Crippen LogP contribution in [-0.4, -0.2) is 14.9 Å². The van der Waals surface area contributed by atoms with Crippen molar-refractivity contribution in [2.75, 3.05) is 0 Å². The van der Waals surface area contributed by atoms with E-state index in [1.165, 1.54) is 10.9 Å². The minimum absolute atomic E-state index is 0.145. The molecule has 0 radical (unpaired) electrons. The zero-order chi connectivity index (χ0) is 13.1. The van der Waals surface area contributed by atoms with Crippen LogP contribution >= 0.6 is 11.6 Å². The molecule has 0 saturated heterocycles. The number of halogens is 3.